The van der Waals surface area contributed by atoms with E-state index < -0.39 is 54.2 Å². The van der Waals surface area contributed by atoms with Gasteiger partial charge in [0.2, 0.25) is 6.79 Å². The predicted octanol–water partition coefficient (Wildman–Crippen LogP) is 5.28. The van der Waals surface area contributed by atoms with Gasteiger partial charge in [0.1, 0.15) is 28.9 Å². The van der Waals surface area contributed by atoms with E-state index in [4.69, 9.17) is 30.1 Å². The van der Waals surface area contributed by atoms with Gasteiger partial charge in [0, 0.05) is 40.0 Å². The number of nitrogens with two attached hydrogens (primary N) is 1. The summed E-state index contributed by atoms with van der Waals surface area (Å²) >= 11 is 0. The molecule has 2 aromatic carbocycles. The highest BCUT2D eigenvalue weighted by atomic mass is 16.7. The Morgan fingerprint density at radius 3 is 2.26 bits per heavy atom. The van der Waals surface area contributed by atoms with Crippen LogP contribution in [0.15, 0.2) is 55.1 Å². The zero-order chi connectivity index (χ0) is 39.7. The second kappa shape index (κ2) is 17.5. The molecule has 15 nitrogen and oxygen atoms in total. The Morgan fingerprint density at radius 2 is 1.69 bits per heavy atom. The van der Waals surface area contributed by atoms with Crippen LogP contribution in [0.5, 0.6) is 5.75 Å². The Morgan fingerprint density at radius 1 is 1.00 bits per heavy atom. The molecule has 0 spiro atoms. The zero-order valence-electron chi connectivity index (χ0n) is 31.2. The molecule has 286 valence electrons. The lowest BCUT2D eigenvalue weighted by Crippen LogP contribution is -2.47. The summed E-state index contributed by atoms with van der Waals surface area (Å²) in [5, 5.41) is 15.7. The zero-order valence-corrected chi connectivity index (χ0v) is 31.2. The van der Waals surface area contributed by atoms with E-state index in [-0.39, 0.29) is 33.9 Å². The lowest BCUT2D eigenvalue weighted by Gasteiger charge is -2.24. The number of ether oxygens (including phenoxy) is 4. The van der Waals surface area contributed by atoms with Gasteiger partial charge < -0.3 is 40.6 Å². The predicted molar refractivity (Wildman–Crippen MR) is 201 cm³/mol. The van der Waals surface area contributed by atoms with Crippen molar-refractivity contribution in [2.45, 2.75) is 59.1 Å². The van der Waals surface area contributed by atoms with Crippen LogP contribution < -0.4 is 26.4 Å². The fourth-order valence-corrected chi connectivity index (χ4v) is 5.11. The average Bonchev–Trinajstić information content (AvgIpc) is 3.96. The average molecular weight is 743 g/mol. The van der Waals surface area contributed by atoms with Crippen molar-refractivity contribution >= 4 is 47.4 Å². The molecule has 1 saturated carbocycles. The van der Waals surface area contributed by atoms with Gasteiger partial charge in [0.15, 0.2) is 5.69 Å². The third kappa shape index (κ3) is 10.9. The van der Waals surface area contributed by atoms with Gasteiger partial charge in [-0.25, -0.2) is 19.4 Å². The van der Waals surface area contributed by atoms with Gasteiger partial charge in [-0.05, 0) is 94.0 Å². The van der Waals surface area contributed by atoms with Gasteiger partial charge in [-0.15, -0.1) is 0 Å². The summed E-state index contributed by atoms with van der Waals surface area (Å²) in [5.41, 5.74) is 6.03. The van der Waals surface area contributed by atoms with Gasteiger partial charge >= 0.3 is 18.0 Å². The largest absolute Gasteiger partial charge is 0.496 e. The Balaban J connectivity index is 1.68. The number of nitrogens with one attached hydrogen (secondary N) is 4. The minimum Gasteiger partial charge on any atom is -0.496 e. The minimum atomic E-state index is -1.12. The van der Waals surface area contributed by atoms with Crippen molar-refractivity contribution in [1.82, 2.24) is 15.6 Å². The lowest BCUT2D eigenvalue weighted by molar-refractivity contribution is -0.156. The van der Waals surface area contributed by atoms with E-state index in [2.05, 4.69) is 27.5 Å². The van der Waals surface area contributed by atoms with Crippen molar-refractivity contribution in [2.75, 3.05) is 25.8 Å². The quantitative estimate of drug-likeness (QED) is 0.0583. The molecular weight excluding hydrogens is 696 g/mol. The highest BCUT2D eigenvalue weighted by Crippen LogP contribution is 2.35. The normalized spacial score (nSPS) is 12.9. The molecule has 3 aromatic rings. The number of anilines is 1. The molecule has 6 N–H and O–H groups in total. The van der Waals surface area contributed by atoms with Gasteiger partial charge in [0.25, 0.3) is 11.8 Å². The van der Waals surface area contributed by atoms with E-state index in [0.29, 0.717) is 35.0 Å². The number of pyridine rings is 1. The van der Waals surface area contributed by atoms with Crippen LogP contribution in [-0.2, 0) is 19.0 Å². The maximum absolute atomic E-state index is 13.9. The lowest BCUT2D eigenvalue weighted by atomic mass is 9.94. The molecular formula is C39H46N6O9. The molecule has 0 aliphatic heterocycles. The van der Waals surface area contributed by atoms with Crippen molar-refractivity contribution in [3.05, 3.63) is 83.2 Å². The fourth-order valence-electron chi connectivity index (χ4n) is 5.11. The number of rotatable bonds is 15. The molecule has 4 rings (SSSR count). The monoisotopic (exact) mass is 742 g/mol. The van der Waals surface area contributed by atoms with Crippen LogP contribution in [0.3, 0.4) is 0 Å². The highest BCUT2D eigenvalue weighted by molar-refractivity contribution is 6.11. The van der Waals surface area contributed by atoms with Gasteiger partial charge in [-0.3, -0.25) is 15.0 Å². The molecule has 1 fully saturated rings. The number of amidine groups is 1. The van der Waals surface area contributed by atoms with E-state index in [1.807, 2.05) is 0 Å². The molecule has 0 bridgehead atoms. The van der Waals surface area contributed by atoms with Crippen LogP contribution >= 0.6 is 0 Å². The summed E-state index contributed by atoms with van der Waals surface area (Å²) in [6, 6.07) is 11.1. The van der Waals surface area contributed by atoms with Crippen LogP contribution in [0.25, 0.3) is 17.2 Å². The number of alkyl carbamates (subject to hydrolysis) is 1. The third-order valence-electron chi connectivity index (χ3n) is 8.13. The van der Waals surface area contributed by atoms with Gasteiger partial charge in [-0.2, -0.15) is 0 Å². The number of methoxy groups -OCH3 is 1. The molecule has 1 heterocycles. The van der Waals surface area contributed by atoms with E-state index in [1.54, 1.807) is 58.9 Å². The summed E-state index contributed by atoms with van der Waals surface area (Å²) in [6.45, 7) is 11.8. The summed E-state index contributed by atoms with van der Waals surface area (Å²) in [4.78, 5) is 70.5. The van der Waals surface area contributed by atoms with Crippen LogP contribution in [0.4, 0.5) is 10.5 Å². The van der Waals surface area contributed by atoms with E-state index >= 15 is 0 Å². The van der Waals surface area contributed by atoms with Crippen molar-refractivity contribution in [3.63, 3.8) is 0 Å². The standard InChI is InChI=1S/C39H46N6O9/c1-8-23-17-28(34(46)43-25-13-11-24(12-14-25)33(40)41)27(18-30(23)51-7)26-15-16-29(35(47)42-19-22-9-10-22)44-32(26)37(49)53-20-52-36(48)31(21(2)3)45-38(50)54-39(4,5)6/h8,11-18,21-22,31H,1,9-10,19-20H2,2-7H3,(H3,40,41)(H,42,47)(H,43,46)(H,45,50)/t31-/m0/s1. The first kappa shape index (κ1) is 40.5. The smallest absolute Gasteiger partial charge is 0.408 e. The summed E-state index contributed by atoms with van der Waals surface area (Å²) < 4.78 is 21.4. The number of nitrogens with zero attached hydrogens (tertiary/aromatic N) is 1. The van der Waals surface area contributed by atoms with E-state index in [1.165, 1.54) is 37.5 Å². The first-order chi connectivity index (χ1) is 25.5. The third-order valence-corrected chi connectivity index (χ3v) is 8.13. The van der Waals surface area contributed by atoms with Crippen molar-refractivity contribution in [3.8, 4) is 16.9 Å². The maximum atomic E-state index is 13.9. The molecule has 1 aliphatic carbocycles. The molecule has 0 unspecified atom stereocenters. The molecule has 15 heteroatoms. The Labute approximate surface area is 313 Å². The maximum Gasteiger partial charge on any atom is 0.408 e. The highest BCUT2D eigenvalue weighted by Gasteiger charge is 2.30. The van der Waals surface area contributed by atoms with Crippen LogP contribution in [0.2, 0.25) is 0 Å². The summed E-state index contributed by atoms with van der Waals surface area (Å²) in [5.74, 6) is -2.91. The first-order valence-electron chi connectivity index (χ1n) is 17.2. The Hall–Kier alpha value is -6.25. The van der Waals surface area contributed by atoms with Crippen molar-refractivity contribution < 1.29 is 42.9 Å². The van der Waals surface area contributed by atoms with E-state index in [9.17, 15) is 24.0 Å². The SMILES string of the molecule is C=Cc1cc(C(=O)Nc2ccc(C(=N)N)cc2)c(-c2ccc(C(=O)NCC3CC3)nc2C(=O)OCOC(=O)[C@@H](NC(=O)OC(C)(C)C)C(C)C)cc1OC. The molecule has 1 atom stereocenters. The Kier molecular flexibility index (Phi) is 13.1. The van der Waals surface area contributed by atoms with Crippen molar-refractivity contribution in [1.29, 1.82) is 5.41 Å². The number of carbonyl (C=O) groups is 5. The minimum absolute atomic E-state index is 0.0857. The van der Waals surface area contributed by atoms with Crippen LogP contribution in [-0.4, -0.2) is 72.8 Å². The van der Waals surface area contributed by atoms with Crippen molar-refractivity contribution in [2.24, 2.45) is 17.6 Å². The van der Waals surface area contributed by atoms with Gasteiger partial charge in [0.05, 0.1) is 7.11 Å². The van der Waals surface area contributed by atoms with E-state index in [0.717, 1.165) is 12.8 Å². The number of esters is 2. The number of amides is 3. The molecule has 1 aliphatic rings. The molecule has 3 amide bonds. The number of carbonyl (C=O) groups excluding carboxylic acids is 5. The Bertz CT molecular complexity index is 1930. The summed E-state index contributed by atoms with van der Waals surface area (Å²) in [7, 11) is 1.43. The topological polar surface area (TPSA) is 221 Å². The number of hydrogen-bond acceptors (Lipinski definition) is 11. The van der Waals surface area contributed by atoms with Crippen LogP contribution in [0.1, 0.15) is 89.9 Å². The number of aromatic nitrogens is 1. The molecule has 0 radical (unpaired) electrons. The second-order valence-electron chi connectivity index (χ2n) is 13.9. The fraction of sp³-hybridized carbons (Fsp3) is 0.359. The first-order valence-corrected chi connectivity index (χ1v) is 17.2. The van der Waals surface area contributed by atoms with Crippen LogP contribution in [0, 0.1) is 17.2 Å². The second-order valence-corrected chi connectivity index (χ2v) is 13.9. The van der Waals surface area contributed by atoms with Gasteiger partial charge in [-0.1, -0.05) is 26.5 Å². The number of hydrogen-bond donors (Lipinski definition) is 5. The molecule has 54 heavy (non-hydrogen) atoms. The summed E-state index contributed by atoms with van der Waals surface area (Å²) in [6.07, 6.45) is 2.68. The molecule has 1 aromatic heterocycles. The number of nitrogen functional groups attached to an aromatic ring is 1. The molecule has 0 saturated heterocycles. The number of benzene rings is 2.